The van der Waals surface area contributed by atoms with Gasteiger partial charge in [0.05, 0.1) is 0 Å². The van der Waals surface area contributed by atoms with E-state index >= 15 is 0 Å². The first-order valence-corrected chi connectivity index (χ1v) is 3.59. The highest BCUT2D eigenvalue weighted by Crippen LogP contribution is 2.20. The van der Waals surface area contributed by atoms with Gasteiger partial charge in [-0.3, -0.25) is 0 Å². The predicted molar refractivity (Wildman–Crippen MR) is 33.6 cm³/mol. The van der Waals surface area contributed by atoms with E-state index in [4.69, 9.17) is 0 Å². The van der Waals surface area contributed by atoms with E-state index in [1.165, 1.54) is 0 Å². The zero-order valence-electron chi connectivity index (χ0n) is 3.05. The molecule has 0 amide bonds. The van der Waals surface area contributed by atoms with Gasteiger partial charge in [0.1, 0.15) is 8.88 Å². The SMILES string of the molecule is C1=NPN=CP1. The number of nitrogens with zero attached hydrogens (tertiary/aromatic N) is 2. The molecule has 0 saturated carbocycles. The van der Waals surface area contributed by atoms with Crippen LogP contribution < -0.4 is 0 Å². The summed E-state index contributed by atoms with van der Waals surface area (Å²) < 4.78 is 7.79. The summed E-state index contributed by atoms with van der Waals surface area (Å²) in [7, 11) is 1.17. The van der Waals surface area contributed by atoms with Crippen molar-refractivity contribution in [2.24, 2.45) is 9.53 Å². The molecule has 0 unspecified atom stereocenters. The zero-order chi connectivity index (χ0) is 4.24. The average molecular weight is 118 g/mol. The number of hydrogen-bond donors (Lipinski definition) is 0. The summed E-state index contributed by atoms with van der Waals surface area (Å²) in [5.74, 6) is 3.82. The molecule has 0 aromatic heterocycles. The molecule has 6 heavy (non-hydrogen) atoms. The van der Waals surface area contributed by atoms with Crippen LogP contribution >= 0.6 is 17.5 Å². The van der Waals surface area contributed by atoms with E-state index in [-0.39, 0.29) is 0 Å². The maximum absolute atomic E-state index is 3.89. The largest absolute Gasteiger partial charge is 0.248 e. The lowest BCUT2D eigenvalue weighted by atomic mass is 11.7. The first-order valence-electron chi connectivity index (χ1n) is 1.54. The number of hydrogen-bond acceptors (Lipinski definition) is 2. The molecule has 0 N–H and O–H groups in total. The summed E-state index contributed by atoms with van der Waals surface area (Å²) in [6.45, 7) is 0. The molecular formula is C2H4N2P2. The van der Waals surface area contributed by atoms with Gasteiger partial charge in [-0.25, -0.2) is 9.53 Å². The van der Waals surface area contributed by atoms with Crippen LogP contribution in [0, 0.1) is 0 Å². The molecule has 2 nitrogen and oxygen atoms in total. The topological polar surface area (TPSA) is 24.7 Å². The highest BCUT2D eigenvalue weighted by Gasteiger charge is 1.77. The standard InChI is InChI=1S/C2H4N2P2/c1-3-6-4-2-5-1/h1-2,5-6H. The Kier molecular flexibility index (Phi) is 1.73. The molecule has 4 heteroatoms. The van der Waals surface area contributed by atoms with Crippen LogP contribution in [0.1, 0.15) is 0 Å². The first-order chi connectivity index (χ1) is 3.00. The second-order valence-corrected chi connectivity index (χ2v) is 2.35. The lowest BCUT2D eigenvalue weighted by Crippen LogP contribution is -1.60. The molecule has 1 heterocycles. The molecule has 1 aliphatic rings. The van der Waals surface area contributed by atoms with Crippen molar-refractivity contribution in [3.63, 3.8) is 0 Å². The van der Waals surface area contributed by atoms with Crippen LogP contribution in [0.15, 0.2) is 9.53 Å². The Bertz CT molecular complexity index is 67.5. The van der Waals surface area contributed by atoms with E-state index in [1.54, 1.807) is 0 Å². The first kappa shape index (κ1) is 4.36. The molecule has 0 aromatic rings. The molecule has 0 radical (unpaired) electrons. The summed E-state index contributed by atoms with van der Waals surface area (Å²) in [5, 5.41) is 0. The molecule has 0 bridgehead atoms. The van der Waals surface area contributed by atoms with E-state index in [1.807, 2.05) is 11.9 Å². The van der Waals surface area contributed by atoms with Crippen LogP contribution in [-0.4, -0.2) is 11.9 Å². The van der Waals surface area contributed by atoms with Gasteiger partial charge in [-0.05, 0) is 8.58 Å². The number of rotatable bonds is 0. The van der Waals surface area contributed by atoms with Gasteiger partial charge in [0.2, 0.25) is 0 Å². The second kappa shape index (κ2) is 2.39. The van der Waals surface area contributed by atoms with Gasteiger partial charge in [-0.2, -0.15) is 0 Å². The highest BCUT2D eigenvalue weighted by atomic mass is 31.1. The van der Waals surface area contributed by atoms with Crippen molar-refractivity contribution in [3.05, 3.63) is 0 Å². The van der Waals surface area contributed by atoms with Crippen LogP contribution in [0.5, 0.6) is 0 Å². The molecule has 0 spiro atoms. The van der Waals surface area contributed by atoms with Crippen LogP contribution in [-0.2, 0) is 0 Å². The molecule has 0 atom stereocenters. The maximum atomic E-state index is 3.89. The lowest BCUT2D eigenvalue weighted by molar-refractivity contribution is 1.85. The minimum absolute atomic E-state index is 0.448. The fraction of sp³-hybridized carbons (Fsp3) is 0. The normalized spacial score (nSPS) is 26.7. The quantitative estimate of drug-likeness (QED) is 0.427. The van der Waals surface area contributed by atoms with E-state index in [9.17, 15) is 0 Å². The predicted octanol–water partition coefficient (Wildman–Crippen LogP) is 1.24. The minimum atomic E-state index is 0.448. The van der Waals surface area contributed by atoms with Gasteiger partial charge in [0.15, 0.2) is 0 Å². The minimum Gasteiger partial charge on any atom is -0.248 e. The molecular weight excluding hydrogens is 114 g/mol. The zero-order valence-corrected chi connectivity index (χ0v) is 5.05. The van der Waals surface area contributed by atoms with Crippen molar-refractivity contribution < 1.29 is 0 Å². The van der Waals surface area contributed by atoms with E-state index in [0.29, 0.717) is 8.88 Å². The summed E-state index contributed by atoms with van der Waals surface area (Å²) in [6.07, 6.45) is 0. The fourth-order valence-electron chi connectivity index (χ4n) is 0.199. The van der Waals surface area contributed by atoms with Crippen molar-refractivity contribution in [1.29, 1.82) is 0 Å². The third-order valence-electron chi connectivity index (χ3n) is 0.394. The molecule has 0 saturated heterocycles. The van der Waals surface area contributed by atoms with Crippen molar-refractivity contribution >= 4 is 29.4 Å². The van der Waals surface area contributed by atoms with Gasteiger partial charge < -0.3 is 0 Å². The summed E-state index contributed by atoms with van der Waals surface area (Å²) >= 11 is 0. The third-order valence-corrected chi connectivity index (χ3v) is 1.96. The van der Waals surface area contributed by atoms with E-state index in [2.05, 4.69) is 9.53 Å². The van der Waals surface area contributed by atoms with Crippen molar-refractivity contribution in [2.45, 2.75) is 0 Å². The summed E-state index contributed by atoms with van der Waals surface area (Å²) in [6, 6.07) is 0. The Hall–Kier alpha value is 0.200. The van der Waals surface area contributed by atoms with Crippen LogP contribution in [0.3, 0.4) is 0 Å². The van der Waals surface area contributed by atoms with Gasteiger partial charge in [0.25, 0.3) is 0 Å². The maximum Gasteiger partial charge on any atom is 0.121 e. The van der Waals surface area contributed by atoms with E-state index in [0.717, 1.165) is 8.58 Å². The van der Waals surface area contributed by atoms with Crippen LogP contribution in [0.25, 0.3) is 0 Å². The molecule has 0 fully saturated rings. The fourth-order valence-corrected chi connectivity index (χ4v) is 1.39. The second-order valence-electron chi connectivity index (χ2n) is 0.783. The monoisotopic (exact) mass is 118 g/mol. The summed E-state index contributed by atoms with van der Waals surface area (Å²) in [4.78, 5) is 0. The van der Waals surface area contributed by atoms with Crippen LogP contribution in [0.4, 0.5) is 0 Å². The van der Waals surface area contributed by atoms with Gasteiger partial charge in [-0.15, -0.1) is 0 Å². The molecule has 0 aromatic carbocycles. The third kappa shape index (κ3) is 1.12. The summed E-state index contributed by atoms with van der Waals surface area (Å²) in [5.41, 5.74) is 0. The molecule has 1 rings (SSSR count). The highest BCUT2D eigenvalue weighted by molar-refractivity contribution is 7.71. The average Bonchev–Trinajstić information content (AvgIpc) is 1.72. The van der Waals surface area contributed by atoms with E-state index < -0.39 is 0 Å². The Labute approximate surface area is 39.8 Å². The Morgan fingerprint density at radius 3 is 2.00 bits per heavy atom. The Morgan fingerprint density at radius 1 is 1.17 bits per heavy atom. The van der Waals surface area contributed by atoms with Crippen molar-refractivity contribution in [2.75, 3.05) is 0 Å². The van der Waals surface area contributed by atoms with Gasteiger partial charge in [0, 0.05) is 11.9 Å². The van der Waals surface area contributed by atoms with Crippen molar-refractivity contribution in [3.8, 4) is 0 Å². The Morgan fingerprint density at radius 2 is 1.83 bits per heavy atom. The van der Waals surface area contributed by atoms with Gasteiger partial charge >= 0.3 is 0 Å². The van der Waals surface area contributed by atoms with Crippen LogP contribution in [0.2, 0.25) is 0 Å². The lowest BCUT2D eigenvalue weighted by Gasteiger charge is -1.87. The Balaban J connectivity index is 2.40. The molecule has 32 valence electrons. The molecule has 0 aliphatic carbocycles. The molecule has 1 aliphatic heterocycles. The smallest absolute Gasteiger partial charge is 0.121 e. The van der Waals surface area contributed by atoms with Gasteiger partial charge in [-0.1, -0.05) is 0 Å². The van der Waals surface area contributed by atoms with Crippen molar-refractivity contribution in [1.82, 2.24) is 0 Å².